The van der Waals surface area contributed by atoms with Crippen molar-refractivity contribution in [1.29, 1.82) is 0 Å². The fourth-order valence-electron chi connectivity index (χ4n) is 2.75. The second-order valence-electron chi connectivity index (χ2n) is 5.15. The first kappa shape index (κ1) is 14.5. The minimum Gasteiger partial charge on any atom is -0.480 e. The first-order valence-corrected chi connectivity index (χ1v) is 6.74. The first-order valence-electron chi connectivity index (χ1n) is 6.74. The predicted molar refractivity (Wildman–Crippen MR) is 69.2 cm³/mol. The van der Waals surface area contributed by atoms with Gasteiger partial charge in [-0.1, -0.05) is 20.3 Å². The normalized spacial score (nSPS) is 28.8. The molecule has 0 bridgehead atoms. The first-order chi connectivity index (χ1) is 8.05. The van der Waals surface area contributed by atoms with Crippen molar-refractivity contribution in [2.24, 2.45) is 0 Å². The van der Waals surface area contributed by atoms with E-state index in [1.807, 2.05) is 6.92 Å². The molecule has 4 heteroatoms. The Hall–Kier alpha value is -0.610. The Balaban J connectivity index is 2.56. The minimum absolute atomic E-state index is 0.414. The van der Waals surface area contributed by atoms with Gasteiger partial charge < -0.3 is 15.3 Å². The molecule has 1 rings (SSSR count). The largest absolute Gasteiger partial charge is 0.480 e. The van der Waals surface area contributed by atoms with Crippen molar-refractivity contribution < 1.29 is 9.90 Å². The zero-order valence-electron chi connectivity index (χ0n) is 11.3. The fourth-order valence-corrected chi connectivity index (χ4v) is 2.75. The summed E-state index contributed by atoms with van der Waals surface area (Å²) in [6.45, 7) is 5.95. The van der Waals surface area contributed by atoms with Crippen LogP contribution in [0.5, 0.6) is 0 Å². The van der Waals surface area contributed by atoms with Crippen molar-refractivity contribution in [2.45, 2.75) is 57.5 Å². The summed E-state index contributed by atoms with van der Waals surface area (Å²) >= 11 is 0. The summed E-state index contributed by atoms with van der Waals surface area (Å²) in [6.07, 6.45) is 4.84. The van der Waals surface area contributed by atoms with Gasteiger partial charge in [-0.15, -0.1) is 0 Å². The Morgan fingerprint density at radius 2 is 2.24 bits per heavy atom. The topological polar surface area (TPSA) is 52.6 Å². The van der Waals surface area contributed by atoms with Crippen LogP contribution < -0.4 is 5.32 Å². The molecule has 2 N–H and O–H groups in total. The number of carboxylic acid groups (broad SMARTS) is 1. The van der Waals surface area contributed by atoms with Gasteiger partial charge in [0.25, 0.3) is 0 Å². The molecule has 100 valence electrons. The Bertz CT molecular complexity index is 258. The summed E-state index contributed by atoms with van der Waals surface area (Å²) in [5.74, 6) is -0.689. The Labute approximate surface area is 104 Å². The molecule has 0 aromatic carbocycles. The third-order valence-electron chi connectivity index (χ3n) is 3.90. The molecule has 4 nitrogen and oxygen atoms in total. The molecule has 0 spiro atoms. The van der Waals surface area contributed by atoms with Crippen LogP contribution in [0.4, 0.5) is 0 Å². The highest BCUT2D eigenvalue weighted by Crippen LogP contribution is 2.33. The van der Waals surface area contributed by atoms with Gasteiger partial charge >= 0.3 is 5.97 Å². The lowest BCUT2D eigenvalue weighted by atomic mass is 9.97. The van der Waals surface area contributed by atoms with Crippen LogP contribution in [0.2, 0.25) is 0 Å². The Kier molecular flexibility index (Phi) is 5.40. The highest BCUT2D eigenvalue weighted by Gasteiger charge is 2.45. The van der Waals surface area contributed by atoms with Gasteiger partial charge in [0, 0.05) is 6.04 Å². The minimum atomic E-state index is -0.689. The lowest BCUT2D eigenvalue weighted by Crippen LogP contribution is -2.51. The smallest absolute Gasteiger partial charge is 0.323 e. The molecule has 0 aliphatic heterocycles. The molecule has 1 saturated carbocycles. The van der Waals surface area contributed by atoms with E-state index < -0.39 is 11.5 Å². The van der Waals surface area contributed by atoms with Gasteiger partial charge in [0.05, 0.1) is 0 Å². The second-order valence-corrected chi connectivity index (χ2v) is 5.15. The van der Waals surface area contributed by atoms with Crippen LogP contribution in [-0.2, 0) is 4.79 Å². The van der Waals surface area contributed by atoms with Gasteiger partial charge in [0.2, 0.25) is 0 Å². The number of carbonyl (C=O) groups is 1. The van der Waals surface area contributed by atoms with Gasteiger partial charge in [0.15, 0.2) is 0 Å². The number of unbranched alkanes of at least 4 members (excludes halogenated alkanes) is 1. The molecule has 17 heavy (non-hydrogen) atoms. The van der Waals surface area contributed by atoms with E-state index in [0.717, 1.165) is 32.4 Å². The fraction of sp³-hybridized carbons (Fsp3) is 0.923. The average Bonchev–Trinajstić information content (AvgIpc) is 2.72. The van der Waals surface area contributed by atoms with Crippen molar-refractivity contribution in [1.82, 2.24) is 10.2 Å². The van der Waals surface area contributed by atoms with Crippen LogP contribution >= 0.6 is 0 Å². The van der Waals surface area contributed by atoms with Gasteiger partial charge in [-0.2, -0.15) is 0 Å². The third-order valence-corrected chi connectivity index (χ3v) is 3.90. The number of carboxylic acids is 1. The monoisotopic (exact) mass is 242 g/mol. The van der Waals surface area contributed by atoms with Crippen LogP contribution in [0.25, 0.3) is 0 Å². The zero-order chi connectivity index (χ0) is 12.9. The van der Waals surface area contributed by atoms with E-state index >= 15 is 0 Å². The molecular weight excluding hydrogens is 216 g/mol. The quantitative estimate of drug-likeness (QED) is 0.713. The van der Waals surface area contributed by atoms with Gasteiger partial charge in [0.1, 0.15) is 5.54 Å². The Morgan fingerprint density at radius 1 is 1.53 bits per heavy atom. The van der Waals surface area contributed by atoms with Crippen LogP contribution in [0, 0.1) is 0 Å². The van der Waals surface area contributed by atoms with Gasteiger partial charge in [-0.05, 0) is 45.8 Å². The molecule has 0 aromatic heterocycles. The lowest BCUT2D eigenvalue weighted by molar-refractivity contribution is -0.144. The molecular formula is C13H26N2O2. The maximum absolute atomic E-state index is 11.4. The lowest BCUT2D eigenvalue weighted by Gasteiger charge is -2.28. The predicted octanol–water partition coefficient (Wildman–Crippen LogP) is 1.70. The average molecular weight is 242 g/mol. The van der Waals surface area contributed by atoms with E-state index in [0.29, 0.717) is 6.04 Å². The van der Waals surface area contributed by atoms with Crippen LogP contribution in [0.3, 0.4) is 0 Å². The van der Waals surface area contributed by atoms with E-state index in [1.54, 1.807) is 0 Å². The molecule has 0 saturated heterocycles. The molecule has 1 fully saturated rings. The van der Waals surface area contributed by atoms with E-state index in [2.05, 4.69) is 24.2 Å². The van der Waals surface area contributed by atoms with Crippen LogP contribution in [-0.4, -0.2) is 47.7 Å². The highest BCUT2D eigenvalue weighted by atomic mass is 16.4. The summed E-state index contributed by atoms with van der Waals surface area (Å²) in [5.41, 5.74) is -0.681. The molecule has 0 radical (unpaired) electrons. The molecule has 0 amide bonds. The van der Waals surface area contributed by atoms with Crippen molar-refractivity contribution in [2.75, 3.05) is 20.1 Å². The number of aliphatic carboxylic acids is 1. The van der Waals surface area contributed by atoms with E-state index in [-0.39, 0.29) is 0 Å². The van der Waals surface area contributed by atoms with Crippen molar-refractivity contribution >= 4 is 5.97 Å². The molecule has 2 unspecified atom stereocenters. The Morgan fingerprint density at radius 3 is 2.76 bits per heavy atom. The number of nitrogens with zero attached hydrogens (tertiary/aromatic N) is 1. The highest BCUT2D eigenvalue weighted by molar-refractivity contribution is 5.79. The van der Waals surface area contributed by atoms with Crippen LogP contribution in [0.15, 0.2) is 0 Å². The number of hydrogen-bond donors (Lipinski definition) is 2. The molecule has 0 heterocycles. The molecule has 0 aromatic rings. The second kappa shape index (κ2) is 6.36. The van der Waals surface area contributed by atoms with Crippen LogP contribution in [0.1, 0.15) is 46.0 Å². The molecule has 1 aliphatic rings. The summed E-state index contributed by atoms with van der Waals surface area (Å²) in [6, 6.07) is 0.414. The standard InChI is InChI=1S/C13H26N2O2/c1-4-6-9-15(3)11-7-8-13(10-11,12(16)17)14-5-2/h11,14H,4-10H2,1-3H3,(H,16,17). The van der Waals surface area contributed by atoms with E-state index in [9.17, 15) is 9.90 Å². The van der Waals surface area contributed by atoms with E-state index in [1.165, 1.54) is 12.8 Å². The summed E-state index contributed by atoms with van der Waals surface area (Å²) in [5, 5.41) is 12.6. The zero-order valence-corrected chi connectivity index (χ0v) is 11.3. The SMILES string of the molecule is CCCCN(C)C1CCC(NCC)(C(=O)O)C1. The molecule has 1 aliphatic carbocycles. The van der Waals surface area contributed by atoms with Crippen molar-refractivity contribution in [3.8, 4) is 0 Å². The maximum Gasteiger partial charge on any atom is 0.323 e. The summed E-state index contributed by atoms with van der Waals surface area (Å²) < 4.78 is 0. The third kappa shape index (κ3) is 3.42. The van der Waals surface area contributed by atoms with Gasteiger partial charge in [-0.3, -0.25) is 4.79 Å². The van der Waals surface area contributed by atoms with Gasteiger partial charge in [-0.25, -0.2) is 0 Å². The number of rotatable bonds is 7. The number of likely N-dealkylation sites (N-methyl/N-ethyl adjacent to an activating group) is 1. The van der Waals surface area contributed by atoms with E-state index in [4.69, 9.17) is 0 Å². The summed E-state index contributed by atoms with van der Waals surface area (Å²) in [7, 11) is 2.12. The van der Waals surface area contributed by atoms with Crippen molar-refractivity contribution in [3.63, 3.8) is 0 Å². The number of nitrogens with one attached hydrogen (secondary N) is 1. The number of hydrogen-bond acceptors (Lipinski definition) is 3. The maximum atomic E-state index is 11.4. The van der Waals surface area contributed by atoms with Crippen molar-refractivity contribution in [3.05, 3.63) is 0 Å². The summed E-state index contributed by atoms with van der Waals surface area (Å²) in [4.78, 5) is 13.7. The molecule has 2 atom stereocenters.